The molecule has 1 unspecified atom stereocenters. The van der Waals surface area contributed by atoms with Gasteiger partial charge in [0.15, 0.2) is 5.13 Å². The van der Waals surface area contributed by atoms with E-state index in [0.29, 0.717) is 11.7 Å². The molecule has 0 aliphatic rings. The Morgan fingerprint density at radius 2 is 2.16 bits per heavy atom. The number of anilines is 1. The predicted octanol–water partition coefficient (Wildman–Crippen LogP) is 3.13. The van der Waals surface area contributed by atoms with Gasteiger partial charge in [-0.05, 0) is 26.3 Å². The summed E-state index contributed by atoms with van der Waals surface area (Å²) in [6, 6.07) is 0.0402. The summed E-state index contributed by atoms with van der Waals surface area (Å²) in [5.74, 6) is 0. The number of aromatic nitrogens is 1. The van der Waals surface area contributed by atoms with E-state index in [0.717, 1.165) is 31.5 Å². The Bertz CT molecular complexity index is 380. The van der Waals surface area contributed by atoms with Crippen LogP contribution in [0.4, 0.5) is 9.93 Å². The molecule has 1 rings (SSSR count). The van der Waals surface area contributed by atoms with Crippen molar-refractivity contribution in [2.75, 3.05) is 18.4 Å². The minimum Gasteiger partial charge on any atom is -0.338 e. The van der Waals surface area contributed by atoms with Crippen LogP contribution in [0.3, 0.4) is 0 Å². The van der Waals surface area contributed by atoms with E-state index < -0.39 is 0 Å². The lowest BCUT2D eigenvalue weighted by atomic mass is 10.2. The van der Waals surface area contributed by atoms with Crippen molar-refractivity contribution in [2.24, 2.45) is 0 Å². The van der Waals surface area contributed by atoms with Crippen molar-refractivity contribution in [3.8, 4) is 0 Å². The molecule has 5 nitrogen and oxygen atoms in total. The molecule has 0 saturated carbocycles. The number of hydrogen-bond donors (Lipinski definition) is 3. The fourth-order valence-electron chi connectivity index (χ4n) is 1.53. The van der Waals surface area contributed by atoms with Crippen molar-refractivity contribution >= 4 is 22.5 Å². The predicted molar refractivity (Wildman–Crippen MR) is 80.8 cm³/mol. The molecule has 2 amide bonds. The number of carbonyl (C=O) groups excluding carboxylic acids is 1. The second-order valence-corrected chi connectivity index (χ2v) is 5.35. The number of carbonyl (C=O) groups is 1. The van der Waals surface area contributed by atoms with Gasteiger partial charge in [0.25, 0.3) is 0 Å². The number of rotatable bonds is 8. The van der Waals surface area contributed by atoms with Gasteiger partial charge in [-0.3, -0.25) is 5.32 Å². The molecule has 6 heteroatoms. The van der Waals surface area contributed by atoms with Gasteiger partial charge in [-0.25, -0.2) is 9.78 Å². The van der Waals surface area contributed by atoms with Crippen molar-refractivity contribution in [3.05, 3.63) is 11.1 Å². The summed E-state index contributed by atoms with van der Waals surface area (Å²) in [5, 5.41) is 11.6. The summed E-state index contributed by atoms with van der Waals surface area (Å²) in [5.41, 5.74) is 0.974. The lowest BCUT2D eigenvalue weighted by Gasteiger charge is -2.09. The Kier molecular flexibility index (Phi) is 7.43. The monoisotopic (exact) mass is 284 g/mol. The average molecular weight is 284 g/mol. The van der Waals surface area contributed by atoms with Crippen molar-refractivity contribution < 1.29 is 4.79 Å². The molecule has 0 fully saturated rings. The maximum Gasteiger partial charge on any atom is 0.321 e. The average Bonchev–Trinajstić information content (AvgIpc) is 2.84. The van der Waals surface area contributed by atoms with E-state index in [4.69, 9.17) is 0 Å². The standard InChI is InChI=1S/C13H24N4OS/c1-4-6-8-15-12(18)17-13-16-11(9-19-13)10(3)14-7-5-2/h9-10,14H,4-8H2,1-3H3,(H2,15,16,17,18). The molecule has 1 aromatic rings. The second-order valence-electron chi connectivity index (χ2n) is 4.49. The fraction of sp³-hybridized carbons (Fsp3) is 0.692. The highest BCUT2D eigenvalue weighted by atomic mass is 32.1. The van der Waals surface area contributed by atoms with Crippen molar-refractivity contribution in [1.82, 2.24) is 15.6 Å². The molecule has 0 bridgehead atoms. The van der Waals surface area contributed by atoms with Crippen LogP contribution in [0.25, 0.3) is 0 Å². The van der Waals surface area contributed by atoms with E-state index in [-0.39, 0.29) is 12.1 Å². The Balaban J connectivity index is 2.39. The van der Waals surface area contributed by atoms with Gasteiger partial charge >= 0.3 is 6.03 Å². The minimum absolute atomic E-state index is 0.177. The first kappa shape index (κ1) is 15.9. The number of nitrogens with one attached hydrogen (secondary N) is 3. The van der Waals surface area contributed by atoms with E-state index in [1.165, 1.54) is 11.3 Å². The first-order valence-corrected chi connectivity index (χ1v) is 7.79. The van der Waals surface area contributed by atoms with Gasteiger partial charge in [0.1, 0.15) is 0 Å². The summed E-state index contributed by atoms with van der Waals surface area (Å²) in [6.07, 6.45) is 3.16. The van der Waals surface area contributed by atoms with E-state index >= 15 is 0 Å². The quantitative estimate of drug-likeness (QED) is 0.643. The summed E-state index contributed by atoms with van der Waals surface area (Å²) in [7, 11) is 0. The number of hydrogen-bond acceptors (Lipinski definition) is 4. The highest BCUT2D eigenvalue weighted by Gasteiger charge is 2.10. The maximum atomic E-state index is 11.6. The first-order chi connectivity index (χ1) is 9.17. The maximum absolute atomic E-state index is 11.6. The van der Waals surface area contributed by atoms with Gasteiger partial charge < -0.3 is 10.6 Å². The van der Waals surface area contributed by atoms with Crippen LogP contribution in [0.2, 0.25) is 0 Å². The Morgan fingerprint density at radius 1 is 1.37 bits per heavy atom. The SMILES string of the molecule is CCCCNC(=O)Nc1nc(C(C)NCCC)cs1. The van der Waals surface area contributed by atoms with Gasteiger partial charge in [0.2, 0.25) is 0 Å². The third-order valence-electron chi connectivity index (χ3n) is 2.70. The smallest absolute Gasteiger partial charge is 0.321 e. The topological polar surface area (TPSA) is 66.0 Å². The number of amides is 2. The molecule has 1 aromatic heterocycles. The van der Waals surface area contributed by atoms with Crippen molar-refractivity contribution in [3.63, 3.8) is 0 Å². The minimum atomic E-state index is -0.177. The van der Waals surface area contributed by atoms with Gasteiger partial charge in [0.05, 0.1) is 5.69 Å². The molecule has 1 atom stereocenters. The van der Waals surface area contributed by atoms with Crippen LogP contribution in [0.5, 0.6) is 0 Å². The molecular formula is C13H24N4OS. The fourth-order valence-corrected chi connectivity index (χ4v) is 2.33. The van der Waals surface area contributed by atoms with Crippen LogP contribution in [0.15, 0.2) is 5.38 Å². The van der Waals surface area contributed by atoms with Gasteiger partial charge in [0, 0.05) is 18.0 Å². The third-order valence-corrected chi connectivity index (χ3v) is 3.48. The van der Waals surface area contributed by atoms with Gasteiger partial charge in [-0.1, -0.05) is 20.3 Å². The van der Waals surface area contributed by atoms with Crippen LogP contribution in [0, 0.1) is 0 Å². The summed E-state index contributed by atoms with van der Waals surface area (Å²) < 4.78 is 0. The molecule has 19 heavy (non-hydrogen) atoms. The highest BCUT2D eigenvalue weighted by molar-refractivity contribution is 7.13. The van der Waals surface area contributed by atoms with E-state index in [2.05, 4.69) is 41.7 Å². The summed E-state index contributed by atoms with van der Waals surface area (Å²) >= 11 is 1.46. The first-order valence-electron chi connectivity index (χ1n) is 6.91. The van der Waals surface area contributed by atoms with E-state index in [1.807, 2.05) is 5.38 Å². The summed E-state index contributed by atoms with van der Waals surface area (Å²) in [4.78, 5) is 16.0. The molecule has 0 aliphatic carbocycles. The number of thiazole rings is 1. The number of urea groups is 1. The number of nitrogens with zero attached hydrogens (tertiary/aromatic N) is 1. The number of unbranched alkanes of at least 4 members (excludes halogenated alkanes) is 1. The van der Waals surface area contributed by atoms with Crippen molar-refractivity contribution in [1.29, 1.82) is 0 Å². The molecular weight excluding hydrogens is 260 g/mol. The lowest BCUT2D eigenvalue weighted by Crippen LogP contribution is -2.29. The van der Waals surface area contributed by atoms with Gasteiger partial charge in [-0.15, -0.1) is 11.3 Å². The van der Waals surface area contributed by atoms with Crippen LogP contribution in [-0.2, 0) is 0 Å². The molecule has 0 aliphatic heterocycles. The Morgan fingerprint density at radius 3 is 2.84 bits per heavy atom. The highest BCUT2D eigenvalue weighted by Crippen LogP contribution is 2.20. The molecule has 108 valence electrons. The zero-order chi connectivity index (χ0) is 14.1. The van der Waals surface area contributed by atoms with E-state index in [1.54, 1.807) is 0 Å². The second kappa shape index (κ2) is 8.87. The molecule has 0 spiro atoms. The van der Waals surface area contributed by atoms with Gasteiger partial charge in [-0.2, -0.15) is 0 Å². The Hall–Kier alpha value is -1.14. The van der Waals surface area contributed by atoms with Crippen LogP contribution >= 0.6 is 11.3 Å². The molecule has 0 saturated heterocycles. The normalized spacial score (nSPS) is 12.2. The summed E-state index contributed by atoms with van der Waals surface area (Å²) in [6.45, 7) is 7.98. The van der Waals surface area contributed by atoms with Crippen molar-refractivity contribution in [2.45, 2.75) is 46.1 Å². The third kappa shape index (κ3) is 6.02. The van der Waals surface area contributed by atoms with Crippen LogP contribution in [-0.4, -0.2) is 24.1 Å². The van der Waals surface area contributed by atoms with Crippen LogP contribution in [0.1, 0.15) is 51.8 Å². The molecule has 0 radical (unpaired) electrons. The largest absolute Gasteiger partial charge is 0.338 e. The molecule has 3 N–H and O–H groups in total. The molecule has 1 heterocycles. The Labute approximate surface area is 119 Å². The van der Waals surface area contributed by atoms with E-state index in [9.17, 15) is 4.79 Å². The zero-order valence-electron chi connectivity index (χ0n) is 12.0. The molecule has 0 aromatic carbocycles. The zero-order valence-corrected chi connectivity index (χ0v) is 12.8. The van der Waals surface area contributed by atoms with Crippen LogP contribution < -0.4 is 16.0 Å². The lowest BCUT2D eigenvalue weighted by molar-refractivity contribution is 0.252.